The number of hydrogen-bond donors (Lipinski definition) is 2. The molecule has 2 N–H and O–H groups in total. The van der Waals surface area contributed by atoms with Gasteiger partial charge in [-0.25, -0.2) is 9.48 Å². The van der Waals surface area contributed by atoms with Crippen molar-refractivity contribution in [3.8, 4) is 0 Å². The van der Waals surface area contributed by atoms with Crippen LogP contribution in [0.4, 0.5) is 10.5 Å². The number of carbonyl (C=O) groups is 1. The van der Waals surface area contributed by atoms with Crippen molar-refractivity contribution in [2.75, 3.05) is 11.9 Å². The highest BCUT2D eigenvalue weighted by Gasteiger charge is 2.17. The van der Waals surface area contributed by atoms with Crippen LogP contribution in [-0.2, 0) is 4.74 Å². The lowest BCUT2D eigenvalue weighted by molar-refractivity contribution is 0.0636. The van der Waals surface area contributed by atoms with E-state index in [2.05, 4.69) is 15.6 Å². The Labute approximate surface area is 122 Å². The molecule has 0 spiro atoms. The Bertz CT molecular complexity index is 645. The fraction of sp³-hybridized carbons (Fsp3) is 0.500. The van der Waals surface area contributed by atoms with E-state index < -0.39 is 11.7 Å². The number of nitrogens with one attached hydrogen (secondary N) is 1. The van der Waals surface area contributed by atoms with Crippen molar-refractivity contribution in [1.29, 1.82) is 0 Å². The lowest BCUT2D eigenvalue weighted by atomic mass is 10.2. The van der Waals surface area contributed by atoms with Crippen LogP contribution in [0.25, 0.3) is 11.0 Å². The van der Waals surface area contributed by atoms with E-state index in [1.165, 1.54) is 0 Å². The molecule has 114 valence electrons. The third-order valence-corrected chi connectivity index (χ3v) is 2.80. The van der Waals surface area contributed by atoms with E-state index >= 15 is 0 Å². The van der Waals surface area contributed by atoms with Crippen LogP contribution in [0.3, 0.4) is 0 Å². The van der Waals surface area contributed by atoms with Crippen LogP contribution in [0, 0.1) is 0 Å². The number of aliphatic hydroxyl groups is 1. The number of hydrogen-bond acceptors (Lipinski definition) is 5. The molecule has 1 amide bonds. The Morgan fingerprint density at radius 3 is 2.81 bits per heavy atom. The number of aromatic nitrogens is 3. The molecule has 7 heteroatoms. The molecule has 1 aromatic carbocycles. The van der Waals surface area contributed by atoms with Crippen molar-refractivity contribution >= 4 is 22.8 Å². The van der Waals surface area contributed by atoms with Crippen LogP contribution in [0.15, 0.2) is 18.2 Å². The number of aliphatic hydroxyl groups excluding tert-OH is 1. The number of ether oxygens (including phenoxy) is 1. The van der Waals surface area contributed by atoms with Crippen LogP contribution in [0.2, 0.25) is 0 Å². The Balaban J connectivity index is 2.24. The molecule has 1 atom stereocenters. The first-order valence-electron chi connectivity index (χ1n) is 6.76. The first-order chi connectivity index (χ1) is 9.80. The molecule has 2 aromatic rings. The van der Waals surface area contributed by atoms with Gasteiger partial charge in [-0.05, 0) is 45.9 Å². The Kier molecular flexibility index (Phi) is 4.13. The summed E-state index contributed by atoms with van der Waals surface area (Å²) < 4.78 is 6.83. The van der Waals surface area contributed by atoms with Crippen molar-refractivity contribution in [3.63, 3.8) is 0 Å². The minimum Gasteiger partial charge on any atom is -0.444 e. The van der Waals surface area contributed by atoms with Crippen molar-refractivity contribution in [2.24, 2.45) is 0 Å². The molecule has 0 fully saturated rings. The molecule has 0 saturated heterocycles. The normalized spacial score (nSPS) is 13.2. The third kappa shape index (κ3) is 3.69. The fourth-order valence-corrected chi connectivity index (χ4v) is 1.84. The summed E-state index contributed by atoms with van der Waals surface area (Å²) in [7, 11) is 0. The van der Waals surface area contributed by atoms with E-state index in [4.69, 9.17) is 4.74 Å². The zero-order chi connectivity index (χ0) is 15.6. The molecule has 7 nitrogen and oxygen atoms in total. The predicted octanol–water partition coefficient (Wildman–Crippen LogP) is 2.33. The third-order valence-electron chi connectivity index (χ3n) is 2.80. The average molecular weight is 292 g/mol. The van der Waals surface area contributed by atoms with Gasteiger partial charge in [0.2, 0.25) is 0 Å². The van der Waals surface area contributed by atoms with Crippen molar-refractivity contribution < 1.29 is 14.6 Å². The number of nitrogens with zero attached hydrogens (tertiary/aromatic N) is 3. The van der Waals surface area contributed by atoms with Crippen LogP contribution < -0.4 is 5.32 Å². The van der Waals surface area contributed by atoms with Crippen LogP contribution >= 0.6 is 0 Å². The van der Waals surface area contributed by atoms with E-state index in [0.717, 1.165) is 5.52 Å². The zero-order valence-corrected chi connectivity index (χ0v) is 12.6. The molecule has 0 aliphatic heterocycles. The summed E-state index contributed by atoms with van der Waals surface area (Å²) in [6, 6.07) is 5.06. The molecule has 0 saturated carbocycles. The standard InChI is InChI=1S/C14H20N4O3/c1-9(8-19)18-12-7-10(5-6-11(12)16-17-18)15-13(20)21-14(2,3)4/h5-7,9,19H,8H2,1-4H3,(H,15,20). The molecule has 0 bridgehead atoms. The largest absolute Gasteiger partial charge is 0.444 e. The van der Waals surface area contributed by atoms with Gasteiger partial charge in [-0.1, -0.05) is 5.21 Å². The summed E-state index contributed by atoms with van der Waals surface area (Å²) in [4.78, 5) is 11.8. The molecular weight excluding hydrogens is 272 g/mol. The van der Waals surface area contributed by atoms with E-state index in [-0.39, 0.29) is 12.6 Å². The summed E-state index contributed by atoms with van der Waals surface area (Å²) in [5.41, 5.74) is 1.48. The van der Waals surface area contributed by atoms with Gasteiger partial charge < -0.3 is 9.84 Å². The van der Waals surface area contributed by atoms with Crippen molar-refractivity contribution in [3.05, 3.63) is 18.2 Å². The highest BCUT2D eigenvalue weighted by atomic mass is 16.6. The fourth-order valence-electron chi connectivity index (χ4n) is 1.84. The highest BCUT2D eigenvalue weighted by molar-refractivity contribution is 5.88. The maximum Gasteiger partial charge on any atom is 0.412 e. The van der Waals surface area contributed by atoms with Gasteiger partial charge in [0, 0.05) is 5.69 Å². The van der Waals surface area contributed by atoms with Gasteiger partial charge in [0.1, 0.15) is 11.1 Å². The molecule has 0 aliphatic rings. The quantitative estimate of drug-likeness (QED) is 0.906. The van der Waals surface area contributed by atoms with Crippen LogP contribution in [0.1, 0.15) is 33.7 Å². The van der Waals surface area contributed by atoms with E-state index in [1.807, 2.05) is 6.92 Å². The van der Waals surface area contributed by atoms with Gasteiger partial charge in [0.15, 0.2) is 0 Å². The monoisotopic (exact) mass is 292 g/mol. The van der Waals surface area contributed by atoms with Crippen LogP contribution in [0.5, 0.6) is 0 Å². The van der Waals surface area contributed by atoms with Crippen LogP contribution in [-0.4, -0.2) is 38.4 Å². The maximum absolute atomic E-state index is 11.8. The molecular formula is C14H20N4O3. The molecule has 21 heavy (non-hydrogen) atoms. The second-order valence-corrected chi connectivity index (χ2v) is 5.90. The van der Waals surface area contributed by atoms with Crippen molar-refractivity contribution in [1.82, 2.24) is 15.0 Å². The van der Waals surface area contributed by atoms with E-state index in [0.29, 0.717) is 11.2 Å². The zero-order valence-electron chi connectivity index (χ0n) is 12.6. The number of carbonyl (C=O) groups excluding carboxylic acids is 1. The Morgan fingerprint density at radius 2 is 2.19 bits per heavy atom. The van der Waals surface area contributed by atoms with E-state index in [9.17, 15) is 9.90 Å². The summed E-state index contributed by atoms with van der Waals surface area (Å²) in [5.74, 6) is 0. The number of benzene rings is 1. The van der Waals surface area contributed by atoms with Gasteiger partial charge in [0.05, 0.1) is 18.2 Å². The van der Waals surface area contributed by atoms with Gasteiger partial charge in [-0.3, -0.25) is 5.32 Å². The first kappa shape index (κ1) is 15.2. The van der Waals surface area contributed by atoms with Gasteiger partial charge in [-0.2, -0.15) is 0 Å². The molecule has 0 radical (unpaired) electrons. The number of anilines is 1. The second-order valence-electron chi connectivity index (χ2n) is 5.90. The first-order valence-corrected chi connectivity index (χ1v) is 6.76. The van der Waals surface area contributed by atoms with Gasteiger partial charge >= 0.3 is 6.09 Å². The lowest BCUT2D eigenvalue weighted by Gasteiger charge is -2.19. The maximum atomic E-state index is 11.8. The summed E-state index contributed by atoms with van der Waals surface area (Å²) in [5, 5.41) is 19.9. The number of rotatable bonds is 3. The smallest absolute Gasteiger partial charge is 0.412 e. The molecule has 1 unspecified atom stereocenters. The summed E-state index contributed by atoms with van der Waals surface area (Å²) in [6.07, 6.45) is -0.518. The molecule has 1 aromatic heterocycles. The minimum absolute atomic E-state index is 0.0395. The Hall–Kier alpha value is -2.15. The SMILES string of the molecule is CC(CO)n1nnc2ccc(NC(=O)OC(C)(C)C)cc21. The van der Waals surface area contributed by atoms with E-state index in [1.54, 1.807) is 43.7 Å². The predicted molar refractivity (Wildman–Crippen MR) is 79.2 cm³/mol. The molecule has 2 rings (SSSR count). The van der Waals surface area contributed by atoms with Gasteiger partial charge in [0.25, 0.3) is 0 Å². The number of amides is 1. The van der Waals surface area contributed by atoms with Crippen molar-refractivity contribution in [2.45, 2.75) is 39.3 Å². The Morgan fingerprint density at radius 1 is 1.48 bits per heavy atom. The van der Waals surface area contributed by atoms with Gasteiger partial charge in [-0.15, -0.1) is 5.10 Å². The second kappa shape index (κ2) is 5.69. The average Bonchev–Trinajstić information content (AvgIpc) is 2.78. The lowest BCUT2D eigenvalue weighted by Crippen LogP contribution is -2.27. The summed E-state index contributed by atoms with van der Waals surface area (Å²) >= 11 is 0. The topological polar surface area (TPSA) is 89.3 Å². The molecule has 0 aliphatic carbocycles. The number of fused-ring (bicyclic) bond motifs is 1. The minimum atomic E-state index is -0.553. The summed E-state index contributed by atoms with van der Waals surface area (Å²) in [6.45, 7) is 7.21. The highest BCUT2D eigenvalue weighted by Crippen LogP contribution is 2.20. The molecule has 1 heterocycles.